The van der Waals surface area contributed by atoms with Crippen molar-refractivity contribution >= 4 is 34.8 Å². The lowest BCUT2D eigenvalue weighted by Crippen LogP contribution is -2.34. The number of rotatable bonds is 1. The summed E-state index contributed by atoms with van der Waals surface area (Å²) in [6, 6.07) is 7.48. The van der Waals surface area contributed by atoms with E-state index >= 15 is 0 Å². The largest absolute Gasteiger partial charge is 0.466 e. The molecule has 3 rings (SSSR count). The van der Waals surface area contributed by atoms with Crippen molar-refractivity contribution in [3.63, 3.8) is 0 Å². The number of pyridine rings is 1. The lowest BCUT2D eigenvalue weighted by atomic mass is 9.87. The number of ether oxygens (including phenoxy) is 1. The summed E-state index contributed by atoms with van der Waals surface area (Å²) in [7, 11) is 0. The minimum atomic E-state index is -0.456. The smallest absolute Gasteiger partial charge is 0.217 e. The zero-order valence-corrected chi connectivity index (χ0v) is 13.1. The maximum atomic E-state index is 6.10. The Kier molecular flexibility index (Phi) is 3.57. The van der Waals surface area contributed by atoms with E-state index in [9.17, 15) is 0 Å². The molecule has 0 aliphatic carbocycles. The third-order valence-electron chi connectivity index (χ3n) is 3.62. The van der Waals surface area contributed by atoms with E-state index in [0.717, 1.165) is 24.0 Å². The average Bonchev–Trinajstić information content (AvgIpc) is 2.42. The molecular formula is C15H12Cl3NO. The standard InChI is InChI=1S/C15H12Cl3NO/c1-15(10-2-3-12(17)13(18)7-10)5-4-9-6-11(16)8-19-14(9)20-15/h2-3,6-8H,4-5H2,1H3/t15-/m1/s1. The third kappa shape index (κ3) is 2.48. The Morgan fingerprint density at radius 3 is 2.70 bits per heavy atom. The maximum Gasteiger partial charge on any atom is 0.217 e. The Balaban J connectivity index is 1.98. The summed E-state index contributed by atoms with van der Waals surface area (Å²) in [5, 5.41) is 1.70. The first-order valence-corrected chi connectivity index (χ1v) is 7.40. The van der Waals surface area contributed by atoms with E-state index in [1.165, 1.54) is 0 Å². The van der Waals surface area contributed by atoms with Gasteiger partial charge in [0.2, 0.25) is 5.88 Å². The Bertz CT molecular complexity index is 674. The number of aromatic nitrogens is 1. The van der Waals surface area contributed by atoms with Crippen molar-refractivity contribution in [1.82, 2.24) is 4.98 Å². The van der Waals surface area contributed by atoms with Crippen molar-refractivity contribution < 1.29 is 4.74 Å². The second kappa shape index (κ2) is 5.10. The summed E-state index contributed by atoms with van der Waals surface area (Å²) in [5.74, 6) is 0.634. The van der Waals surface area contributed by atoms with E-state index in [2.05, 4.69) is 4.98 Å². The van der Waals surface area contributed by atoms with E-state index in [-0.39, 0.29) is 0 Å². The number of hydrogen-bond acceptors (Lipinski definition) is 2. The summed E-state index contributed by atoms with van der Waals surface area (Å²) >= 11 is 18.0. The molecule has 2 heterocycles. The van der Waals surface area contributed by atoms with Gasteiger partial charge in [-0.05, 0) is 43.5 Å². The second-order valence-corrected chi connectivity index (χ2v) is 6.33. The molecule has 20 heavy (non-hydrogen) atoms. The Morgan fingerprint density at radius 1 is 1.15 bits per heavy atom. The van der Waals surface area contributed by atoms with Gasteiger partial charge in [-0.3, -0.25) is 0 Å². The first kappa shape index (κ1) is 14.0. The second-order valence-electron chi connectivity index (χ2n) is 5.08. The van der Waals surface area contributed by atoms with E-state index in [1.54, 1.807) is 12.3 Å². The first-order chi connectivity index (χ1) is 9.48. The van der Waals surface area contributed by atoms with Crippen LogP contribution in [-0.4, -0.2) is 4.98 Å². The summed E-state index contributed by atoms with van der Waals surface area (Å²) in [6.45, 7) is 2.03. The number of aryl methyl sites for hydroxylation is 1. The molecule has 0 saturated heterocycles. The highest BCUT2D eigenvalue weighted by molar-refractivity contribution is 6.42. The van der Waals surface area contributed by atoms with Crippen molar-refractivity contribution in [1.29, 1.82) is 0 Å². The molecule has 0 bridgehead atoms. The minimum Gasteiger partial charge on any atom is -0.466 e. The van der Waals surface area contributed by atoms with Gasteiger partial charge >= 0.3 is 0 Å². The SMILES string of the molecule is C[C@]1(c2ccc(Cl)c(Cl)c2)CCc2cc(Cl)cnc2O1. The number of hydrogen-bond donors (Lipinski definition) is 0. The maximum absolute atomic E-state index is 6.10. The van der Waals surface area contributed by atoms with Crippen LogP contribution in [0.1, 0.15) is 24.5 Å². The molecule has 1 aromatic heterocycles. The van der Waals surface area contributed by atoms with Crippen LogP contribution in [0, 0.1) is 0 Å². The summed E-state index contributed by atoms with van der Waals surface area (Å²) < 4.78 is 6.08. The zero-order valence-electron chi connectivity index (χ0n) is 10.8. The highest BCUT2D eigenvalue weighted by atomic mass is 35.5. The molecule has 1 aromatic carbocycles. The fourth-order valence-electron chi connectivity index (χ4n) is 2.41. The van der Waals surface area contributed by atoms with Gasteiger partial charge in [-0.15, -0.1) is 0 Å². The summed E-state index contributed by atoms with van der Waals surface area (Å²) in [5.41, 5.74) is 1.58. The van der Waals surface area contributed by atoms with Crippen LogP contribution in [0.4, 0.5) is 0 Å². The highest BCUT2D eigenvalue weighted by Crippen LogP contribution is 2.40. The van der Waals surface area contributed by atoms with Crippen LogP contribution < -0.4 is 4.74 Å². The van der Waals surface area contributed by atoms with E-state index < -0.39 is 5.60 Å². The fraction of sp³-hybridized carbons (Fsp3) is 0.267. The van der Waals surface area contributed by atoms with E-state index in [1.807, 2.05) is 25.1 Å². The lowest BCUT2D eigenvalue weighted by molar-refractivity contribution is 0.0565. The molecule has 0 spiro atoms. The molecule has 1 atom stereocenters. The molecule has 2 aromatic rings. The quantitative estimate of drug-likeness (QED) is 0.710. The van der Waals surface area contributed by atoms with Crippen LogP contribution in [0.25, 0.3) is 0 Å². The number of fused-ring (bicyclic) bond motifs is 1. The average molecular weight is 329 g/mol. The molecule has 0 unspecified atom stereocenters. The van der Waals surface area contributed by atoms with Crippen molar-refractivity contribution in [2.75, 3.05) is 0 Å². The van der Waals surface area contributed by atoms with Gasteiger partial charge < -0.3 is 4.74 Å². The van der Waals surface area contributed by atoms with Crippen molar-refractivity contribution in [3.8, 4) is 5.88 Å². The van der Waals surface area contributed by atoms with Crippen LogP contribution in [0.2, 0.25) is 15.1 Å². The van der Waals surface area contributed by atoms with Crippen molar-refractivity contribution in [2.45, 2.75) is 25.4 Å². The summed E-state index contributed by atoms with van der Waals surface area (Å²) in [4.78, 5) is 4.27. The molecule has 1 aliphatic heterocycles. The highest BCUT2D eigenvalue weighted by Gasteiger charge is 2.34. The van der Waals surface area contributed by atoms with Crippen molar-refractivity contribution in [2.24, 2.45) is 0 Å². The topological polar surface area (TPSA) is 22.1 Å². The van der Waals surface area contributed by atoms with Gasteiger partial charge in [0, 0.05) is 11.8 Å². The van der Waals surface area contributed by atoms with Gasteiger partial charge in [0.1, 0.15) is 5.60 Å². The number of nitrogens with zero attached hydrogens (tertiary/aromatic N) is 1. The molecule has 0 radical (unpaired) electrons. The molecule has 0 saturated carbocycles. The molecule has 2 nitrogen and oxygen atoms in total. The predicted octanol–water partition coefficient (Wildman–Crippen LogP) is 5.28. The van der Waals surface area contributed by atoms with E-state index in [0.29, 0.717) is 20.9 Å². The van der Waals surface area contributed by atoms with Gasteiger partial charge in [0.25, 0.3) is 0 Å². The number of halogens is 3. The Labute approximate surface area is 132 Å². The summed E-state index contributed by atoms with van der Waals surface area (Å²) in [6.07, 6.45) is 3.29. The zero-order chi connectivity index (χ0) is 14.3. The van der Waals surface area contributed by atoms with Crippen LogP contribution in [0.15, 0.2) is 30.5 Å². The minimum absolute atomic E-state index is 0.456. The predicted molar refractivity (Wildman–Crippen MR) is 82.0 cm³/mol. The van der Waals surface area contributed by atoms with Gasteiger partial charge in [-0.1, -0.05) is 40.9 Å². The third-order valence-corrected chi connectivity index (χ3v) is 4.56. The van der Waals surface area contributed by atoms with Crippen molar-refractivity contribution in [3.05, 3.63) is 56.7 Å². The lowest BCUT2D eigenvalue weighted by Gasteiger charge is -2.35. The first-order valence-electron chi connectivity index (χ1n) is 6.27. The molecule has 0 amide bonds. The van der Waals surface area contributed by atoms with Crippen LogP contribution in [-0.2, 0) is 12.0 Å². The fourth-order valence-corrected chi connectivity index (χ4v) is 2.88. The van der Waals surface area contributed by atoms with Gasteiger partial charge in [-0.2, -0.15) is 0 Å². The molecular weight excluding hydrogens is 317 g/mol. The number of benzene rings is 1. The van der Waals surface area contributed by atoms with Crippen LogP contribution in [0.3, 0.4) is 0 Å². The normalized spacial score (nSPS) is 21.2. The molecule has 0 fully saturated rings. The van der Waals surface area contributed by atoms with Crippen LogP contribution >= 0.6 is 34.8 Å². The molecule has 104 valence electrons. The van der Waals surface area contributed by atoms with Gasteiger partial charge in [0.05, 0.1) is 15.1 Å². The Morgan fingerprint density at radius 2 is 1.95 bits per heavy atom. The van der Waals surface area contributed by atoms with Gasteiger partial charge in [0.15, 0.2) is 0 Å². The van der Waals surface area contributed by atoms with Gasteiger partial charge in [-0.25, -0.2) is 4.98 Å². The Hall–Kier alpha value is -0.960. The molecule has 1 aliphatic rings. The molecule has 0 N–H and O–H groups in total. The van der Waals surface area contributed by atoms with E-state index in [4.69, 9.17) is 39.5 Å². The molecule has 5 heteroatoms. The monoisotopic (exact) mass is 327 g/mol. The van der Waals surface area contributed by atoms with Crippen LogP contribution in [0.5, 0.6) is 5.88 Å².